The summed E-state index contributed by atoms with van der Waals surface area (Å²) in [6, 6.07) is 5.06. The molecule has 0 unspecified atom stereocenters. The van der Waals surface area contributed by atoms with Crippen molar-refractivity contribution in [3.05, 3.63) is 33.5 Å². The quantitative estimate of drug-likeness (QED) is 0.936. The van der Waals surface area contributed by atoms with Crippen LogP contribution in [0.1, 0.15) is 0 Å². The van der Waals surface area contributed by atoms with E-state index in [1.165, 1.54) is 0 Å². The van der Waals surface area contributed by atoms with Crippen LogP contribution in [0.4, 0.5) is 17.6 Å². The molecular formula is C11H10Cl3N5. The molecule has 0 radical (unpaired) electrons. The van der Waals surface area contributed by atoms with Gasteiger partial charge in [-0.15, -0.1) is 0 Å². The van der Waals surface area contributed by atoms with Crippen molar-refractivity contribution < 1.29 is 0 Å². The van der Waals surface area contributed by atoms with Crippen molar-refractivity contribution in [2.75, 3.05) is 24.3 Å². The van der Waals surface area contributed by atoms with Crippen molar-refractivity contribution in [2.24, 2.45) is 0 Å². The van der Waals surface area contributed by atoms with E-state index in [1.54, 1.807) is 23.1 Å². The van der Waals surface area contributed by atoms with Crippen LogP contribution in [0.3, 0.4) is 0 Å². The number of nitrogens with one attached hydrogen (secondary N) is 1. The molecule has 0 spiro atoms. The molecule has 100 valence electrons. The van der Waals surface area contributed by atoms with Gasteiger partial charge in [0.1, 0.15) is 0 Å². The van der Waals surface area contributed by atoms with Gasteiger partial charge < -0.3 is 10.2 Å². The molecule has 0 bridgehead atoms. The van der Waals surface area contributed by atoms with Crippen LogP contribution < -0.4 is 10.2 Å². The van der Waals surface area contributed by atoms with Crippen LogP contribution in [0.25, 0.3) is 0 Å². The third kappa shape index (κ3) is 3.83. The van der Waals surface area contributed by atoms with E-state index in [1.807, 2.05) is 14.1 Å². The maximum Gasteiger partial charge on any atom is 0.233 e. The van der Waals surface area contributed by atoms with Crippen LogP contribution in [0.5, 0.6) is 0 Å². The molecule has 1 N–H and O–H groups in total. The van der Waals surface area contributed by atoms with E-state index in [9.17, 15) is 0 Å². The van der Waals surface area contributed by atoms with Crippen molar-refractivity contribution in [3.8, 4) is 0 Å². The molecular weight excluding hydrogens is 309 g/mol. The Hall–Kier alpha value is -1.30. The monoisotopic (exact) mass is 317 g/mol. The first kappa shape index (κ1) is 14.1. The maximum atomic E-state index is 5.92. The first-order valence-electron chi connectivity index (χ1n) is 5.26. The Morgan fingerprint density at radius 1 is 0.947 bits per heavy atom. The molecule has 0 atom stereocenters. The van der Waals surface area contributed by atoms with E-state index in [-0.39, 0.29) is 5.28 Å². The first-order valence-corrected chi connectivity index (χ1v) is 6.39. The van der Waals surface area contributed by atoms with Crippen LogP contribution in [0.2, 0.25) is 15.3 Å². The third-order valence-electron chi connectivity index (χ3n) is 2.12. The lowest BCUT2D eigenvalue weighted by molar-refractivity contribution is 0.961. The summed E-state index contributed by atoms with van der Waals surface area (Å²) in [6.45, 7) is 0. The molecule has 0 aliphatic rings. The van der Waals surface area contributed by atoms with Gasteiger partial charge in [0, 0.05) is 29.8 Å². The summed E-state index contributed by atoms with van der Waals surface area (Å²) in [5.74, 6) is 0.776. The van der Waals surface area contributed by atoms with Crippen molar-refractivity contribution in [1.82, 2.24) is 15.0 Å². The Kier molecular flexibility index (Phi) is 4.29. The van der Waals surface area contributed by atoms with Gasteiger partial charge in [-0.25, -0.2) is 0 Å². The minimum atomic E-state index is 0.106. The second-order valence-electron chi connectivity index (χ2n) is 3.91. The van der Waals surface area contributed by atoms with E-state index in [2.05, 4.69) is 20.3 Å². The van der Waals surface area contributed by atoms with Crippen molar-refractivity contribution >= 4 is 52.4 Å². The smallest absolute Gasteiger partial charge is 0.233 e. The van der Waals surface area contributed by atoms with Crippen molar-refractivity contribution in [3.63, 3.8) is 0 Å². The standard InChI is InChI=1S/C11H10Cl3N5/c1-19(2)11-17-9(14)16-10(18-11)15-8-4-6(12)3-7(13)5-8/h3-5H,1-2H3,(H,15,16,17,18). The molecule has 2 rings (SSSR count). The van der Waals surface area contributed by atoms with Crippen LogP contribution >= 0.6 is 34.8 Å². The SMILES string of the molecule is CN(C)c1nc(Cl)nc(Nc2cc(Cl)cc(Cl)c2)n1. The first-order chi connectivity index (χ1) is 8.94. The molecule has 2 aromatic rings. The van der Waals surface area contributed by atoms with Crippen LogP contribution in [-0.2, 0) is 0 Å². The van der Waals surface area contributed by atoms with Gasteiger partial charge in [0.15, 0.2) is 0 Å². The summed E-state index contributed by atoms with van der Waals surface area (Å²) in [6.07, 6.45) is 0. The summed E-state index contributed by atoms with van der Waals surface area (Å²) in [5, 5.41) is 4.12. The van der Waals surface area contributed by atoms with E-state index in [4.69, 9.17) is 34.8 Å². The van der Waals surface area contributed by atoms with E-state index in [0.717, 1.165) is 0 Å². The summed E-state index contributed by atoms with van der Waals surface area (Å²) < 4.78 is 0. The minimum absolute atomic E-state index is 0.106. The van der Waals surface area contributed by atoms with Crippen molar-refractivity contribution in [2.45, 2.75) is 0 Å². The molecule has 0 fully saturated rings. The molecule has 0 saturated carbocycles. The average Bonchev–Trinajstić information content (AvgIpc) is 2.26. The van der Waals surface area contributed by atoms with Gasteiger partial charge in [0.25, 0.3) is 0 Å². The maximum absolute atomic E-state index is 5.92. The van der Waals surface area contributed by atoms with Crippen LogP contribution in [-0.4, -0.2) is 29.0 Å². The van der Waals surface area contributed by atoms with Gasteiger partial charge in [0.2, 0.25) is 17.2 Å². The number of hydrogen-bond acceptors (Lipinski definition) is 5. The van der Waals surface area contributed by atoms with Crippen molar-refractivity contribution in [1.29, 1.82) is 0 Å². The lowest BCUT2D eigenvalue weighted by Gasteiger charge is -2.12. The van der Waals surface area contributed by atoms with Gasteiger partial charge in [-0.1, -0.05) is 23.2 Å². The Bertz CT molecular complexity index is 583. The highest BCUT2D eigenvalue weighted by Crippen LogP contribution is 2.24. The highest BCUT2D eigenvalue weighted by atomic mass is 35.5. The zero-order chi connectivity index (χ0) is 14.0. The number of benzene rings is 1. The predicted octanol–water partition coefficient (Wildman–Crippen LogP) is 3.64. The Morgan fingerprint density at radius 2 is 1.58 bits per heavy atom. The summed E-state index contributed by atoms with van der Waals surface area (Å²) in [7, 11) is 3.62. The van der Waals surface area contributed by atoms with Gasteiger partial charge in [-0.05, 0) is 29.8 Å². The summed E-state index contributed by atoms with van der Waals surface area (Å²) >= 11 is 17.7. The highest BCUT2D eigenvalue weighted by molar-refractivity contribution is 6.35. The number of rotatable bonds is 3. The number of nitrogens with zero attached hydrogens (tertiary/aromatic N) is 4. The number of halogens is 3. The van der Waals surface area contributed by atoms with Gasteiger partial charge >= 0.3 is 0 Å². The molecule has 5 nitrogen and oxygen atoms in total. The normalized spacial score (nSPS) is 10.4. The molecule has 8 heteroatoms. The second-order valence-corrected chi connectivity index (χ2v) is 5.12. The molecule has 0 saturated heterocycles. The fraction of sp³-hybridized carbons (Fsp3) is 0.182. The van der Waals surface area contributed by atoms with Crippen LogP contribution in [0, 0.1) is 0 Å². The average molecular weight is 319 g/mol. The largest absolute Gasteiger partial charge is 0.347 e. The molecule has 1 aromatic carbocycles. The second kappa shape index (κ2) is 5.77. The number of anilines is 3. The molecule has 19 heavy (non-hydrogen) atoms. The lowest BCUT2D eigenvalue weighted by atomic mass is 10.3. The number of aromatic nitrogens is 3. The fourth-order valence-corrected chi connectivity index (χ4v) is 2.03. The van der Waals surface area contributed by atoms with E-state index in [0.29, 0.717) is 27.6 Å². The lowest BCUT2D eigenvalue weighted by Crippen LogP contribution is -2.14. The highest BCUT2D eigenvalue weighted by Gasteiger charge is 2.07. The molecule has 1 heterocycles. The van der Waals surface area contributed by atoms with Gasteiger partial charge in [-0.2, -0.15) is 15.0 Å². The third-order valence-corrected chi connectivity index (χ3v) is 2.72. The zero-order valence-corrected chi connectivity index (χ0v) is 12.4. The predicted molar refractivity (Wildman–Crippen MR) is 78.9 cm³/mol. The Labute approximate surface area is 125 Å². The Balaban J connectivity index is 2.32. The van der Waals surface area contributed by atoms with Crippen LogP contribution in [0.15, 0.2) is 18.2 Å². The molecule has 1 aromatic heterocycles. The summed E-state index contributed by atoms with van der Waals surface area (Å²) in [4.78, 5) is 13.9. The Morgan fingerprint density at radius 3 is 2.16 bits per heavy atom. The van der Waals surface area contributed by atoms with E-state index < -0.39 is 0 Å². The zero-order valence-electron chi connectivity index (χ0n) is 10.2. The van der Waals surface area contributed by atoms with Gasteiger partial charge in [-0.3, -0.25) is 0 Å². The topological polar surface area (TPSA) is 53.9 Å². The molecule has 0 aliphatic carbocycles. The molecule has 0 aliphatic heterocycles. The fourth-order valence-electron chi connectivity index (χ4n) is 1.35. The molecule has 0 amide bonds. The number of hydrogen-bond donors (Lipinski definition) is 1. The van der Waals surface area contributed by atoms with E-state index >= 15 is 0 Å². The van der Waals surface area contributed by atoms with Gasteiger partial charge in [0.05, 0.1) is 0 Å². The summed E-state index contributed by atoms with van der Waals surface area (Å²) in [5.41, 5.74) is 0.671. The minimum Gasteiger partial charge on any atom is -0.347 e.